The molecule has 0 N–H and O–H groups in total. The molecule has 2 aromatic rings. The summed E-state index contributed by atoms with van der Waals surface area (Å²) in [5.41, 5.74) is 2.34. The second kappa shape index (κ2) is 21.7. The fourth-order valence-electron chi connectivity index (χ4n) is 4.95. The van der Waals surface area contributed by atoms with Gasteiger partial charge in [-0.1, -0.05) is 115 Å². The van der Waals surface area contributed by atoms with Crippen LogP contribution in [0.1, 0.15) is 135 Å². The quantitative estimate of drug-likeness (QED) is 0.123. The van der Waals surface area contributed by atoms with Gasteiger partial charge in [0.1, 0.15) is 12.3 Å². The summed E-state index contributed by atoms with van der Waals surface area (Å²) in [6, 6.07) is 8.52. The predicted molar refractivity (Wildman–Crippen MR) is 161 cm³/mol. The van der Waals surface area contributed by atoms with Crippen molar-refractivity contribution in [2.45, 2.75) is 148 Å². The Balaban J connectivity index is 1.57. The molecule has 39 heavy (non-hydrogen) atoms. The van der Waals surface area contributed by atoms with E-state index in [1.807, 2.05) is 0 Å². The van der Waals surface area contributed by atoms with Gasteiger partial charge in [0.2, 0.25) is 0 Å². The molecule has 0 aliphatic carbocycles. The van der Waals surface area contributed by atoms with Gasteiger partial charge < -0.3 is 4.74 Å². The van der Waals surface area contributed by atoms with Gasteiger partial charge in [-0.3, -0.25) is 0 Å². The molecule has 2 atom stereocenters. The van der Waals surface area contributed by atoms with Crippen molar-refractivity contribution in [1.82, 2.24) is 9.97 Å². The number of hydrogen-bond donors (Lipinski definition) is 0. The lowest BCUT2D eigenvalue weighted by atomic mass is 10.0. The van der Waals surface area contributed by atoms with E-state index in [1.54, 1.807) is 12.4 Å². The second-order valence-electron chi connectivity index (χ2n) is 11.1. The zero-order valence-electron chi connectivity index (χ0n) is 24.8. The van der Waals surface area contributed by atoms with E-state index in [-0.39, 0.29) is 6.61 Å². The molecule has 1 aromatic carbocycles. The number of unbranched alkanes of at least 4 members (excludes halogenated alkanes) is 11. The van der Waals surface area contributed by atoms with E-state index in [1.165, 1.54) is 69.8 Å². The third kappa shape index (κ3) is 16.0. The largest absolute Gasteiger partial charge is 0.490 e. The number of ether oxygens (including phenoxy) is 1. The van der Waals surface area contributed by atoms with Crippen molar-refractivity contribution in [2.24, 2.45) is 0 Å². The average Bonchev–Trinajstić information content (AvgIpc) is 2.95. The molecule has 2 rings (SSSR count). The normalized spacial score (nSPS) is 12.9. The van der Waals surface area contributed by atoms with Crippen molar-refractivity contribution in [3.05, 3.63) is 42.2 Å². The molecular weight excluding hydrogens is 490 g/mol. The molecule has 0 spiro atoms. The third-order valence-electron chi connectivity index (χ3n) is 7.51. The van der Waals surface area contributed by atoms with E-state index >= 15 is 0 Å². The zero-order valence-corrected chi connectivity index (χ0v) is 24.8. The first kappa shape index (κ1) is 33.2. The van der Waals surface area contributed by atoms with Crippen LogP contribution >= 0.6 is 0 Å². The maximum Gasteiger partial charge on any atom is 0.159 e. The van der Waals surface area contributed by atoms with Crippen LogP contribution < -0.4 is 4.74 Å². The SMILES string of the molecule is CCCCCCCCCCCCc1ccc(-c2ncc(OCCC(F)CCCC(F)CCCCC)cn2)cc1. The minimum atomic E-state index is -0.966. The van der Waals surface area contributed by atoms with Gasteiger partial charge in [-0.2, -0.15) is 0 Å². The summed E-state index contributed by atoms with van der Waals surface area (Å²) < 4.78 is 33.6. The second-order valence-corrected chi connectivity index (χ2v) is 11.1. The number of hydrogen-bond acceptors (Lipinski definition) is 3. The van der Waals surface area contributed by atoms with Crippen molar-refractivity contribution in [1.29, 1.82) is 0 Å². The average molecular weight is 545 g/mol. The summed E-state index contributed by atoms with van der Waals surface area (Å²) in [5.74, 6) is 1.21. The lowest BCUT2D eigenvalue weighted by molar-refractivity contribution is 0.212. The van der Waals surface area contributed by atoms with Crippen LogP contribution in [0.3, 0.4) is 0 Å². The number of rotatable bonds is 24. The molecular formula is C34H54F2N2O. The summed E-state index contributed by atoms with van der Waals surface area (Å²) in [6.45, 7) is 4.65. The molecule has 0 fully saturated rings. The molecule has 0 aliphatic rings. The fraction of sp³-hybridized carbons (Fsp3) is 0.706. The van der Waals surface area contributed by atoms with Crippen LogP contribution in [0.25, 0.3) is 11.4 Å². The highest BCUT2D eigenvalue weighted by Crippen LogP contribution is 2.20. The molecule has 0 saturated heterocycles. The Bertz CT molecular complexity index is 828. The van der Waals surface area contributed by atoms with Gasteiger partial charge in [-0.05, 0) is 44.1 Å². The summed E-state index contributed by atoms with van der Waals surface area (Å²) in [5, 5.41) is 0. The molecule has 0 aliphatic heterocycles. The monoisotopic (exact) mass is 544 g/mol. The molecule has 1 aromatic heterocycles. The van der Waals surface area contributed by atoms with Crippen molar-refractivity contribution in [3.8, 4) is 17.1 Å². The smallest absolute Gasteiger partial charge is 0.159 e. The molecule has 0 bridgehead atoms. The Hall–Kier alpha value is -2.04. The van der Waals surface area contributed by atoms with E-state index < -0.39 is 12.3 Å². The van der Waals surface area contributed by atoms with Crippen molar-refractivity contribution < 1.29 is 13.5 Å². The molecule has 0 saturated carbocycles. The highest BCUT2D eigenvalue weighted by molar-refractivity contribution is 5.55. The third-order valence-corrected chi connectivity index (χ3v) is 7.51. The van der Waals surface area contributed by atoms with Crippen LogP contribution in [0.2, 0.25) is 0 Å². The lowest BCUT2D eigenvalue weighted by Gasteiger charge is -2.11. The van der Waals surface area contributed by atoms with Crippen LogP contribution in [0, 0.1) is 0 Å². The maximum atomic E-state index is 14.1. The Morgan fingerprint density at radius 1 is 0.615 bits per heavy atom. The molecule has 5 heteroatoms. The van der Waals surface area contributed by atoms with Crippen LogP contribution in [0.15, 0.2) is 36.7 Å². The van der Waals surface area contributed by atoms with E-state index in [4.69, 9.17) is 4.74 Å². The van der Waals surface area contributed by atoms with Gasteiger partial charge in [-0.15, -0.1) is 0 Å². The first-order chi connectivity index (χ1) is 19.1. The number of aryl methyl sites for hydroxylation is 1. The standard InChI is InChI=1S/C34H54F2N2O/c1-3-5-7-8-9-10-11-12-13-15-17-29-21-23-30(24-22-29)34-37-27-33(28-38-34)39-26-25-32(36)20-16-19-31(35)18-14-6-4-2/h21-24,27-28,31-32H,3-20,25-26H2,1-2H3. The summed E-state index contributed by atoms with van der Waals surface area (Å²) >= 11 is 0. The highest BCUT2D eigenvalue weighted by Gasteiger charge is 2.11. The first-order valence-electron chi connectivity index (χ1n) is 15.9. The summed E-state index contributed by atoms with van der Waals surface area (Å²) in [6.07, 6.45) is 21.7. The molecule has 220 valence electrons. The first-order valence-corrected chi connectivity index (χ1v) is 15.9. The number of aromatic nitrogens is 2. The number of alkyl halides is 2. The minimum Gasteiger partial charge on any atom is -0.490 e. The minimum absolute atomic E-state index is 0.271. The molecule has 0 radical (unpaired) electrons. The number of benzene rings is 1. The zero-order chi connectivity index (χ0) is 28.0. The Labute approximate surface area is 237 Å². The Morgan fingerprint density at radius 3 is 1.74 bits per heavy atom. The van der Waals surface area contributed by atoms with Gasteiger partial charge in [0.25, 0.3) is 0 Å². The predicted octanol–water partition coefficient (Wildman–Crippen LogP) is 10.8. The van der Waals surface area contributed by atoms with Crippen molar-refractivity contribution >= 4 is 0 Å². The van der Waals surface area contributed by atoms with Crippen LogP contribution in [-0.4, -0.2) is 28.9 Å². The van der Waals surface area contributed by atoms with E-state index in [0.29, 0.717) is 43.7 Å². The van der Waals surface area contributed by atoms with Crippen LogP contribution in [0.5, 0.6) is 5.75 Å². The van der Waals surface area contributed by atoms with Crippen molar-refractivity contribution in [3.63, 3.8) is 0 Å². The molecule has 3 nitrogen and oxygen atoms in total. The fourth-order valence-corrected chi connectivity index (χ4v) is 4.95. The summed E-state index contributed by atoms with van der Waals surface area (Å²) in [4.78, 5) is 8.86. The van der Waals surface area contributed by atoms with Gasteiger partial charge in [0.05, 0.1) is 19.0 Å². The van der Waals surface area contributed by atoms with Crippen LogP contribution in [0.4, 0.5) is 8.78 Å². The molecule has 2 unspecified atom stereocenters. The number of nitrogens with zero attached hydrogens (tertiary/aromatic N) is 2. The lowest BCUT2D eigenvalue weighted by Crippen LogP contribution is -2.09. The van der Waals surface area contributed by atoms with Crippen LogP contribution in [-0.2, 0) is 6.42 Å². The van der Waals surface area contributed by atoms with E-state index in [2.05, 4.69) is 48.1 Å². The highest BCUT2D eigenvalue weighted by atomic mass is 19.1. The topological polar surface area (TPSA) is 35.0 Å². The van der Waals surface area contributed by atoms with Gasteiger partial charge >= 0.3 is 0 Å². The van der Waals surface area contributed by atoms with E-state index in [0.717, 1.165) is 31.2 Å². The molecule has 0 amide bonds. The van der Waals surface area contributed by atoms with Gasteiger partial charge in [0, 0.05) is 12.0 Å². The van der Waals surface area contributed by atoms with Crippen molar-refractivity contribution in [2.75, 3.05) is 6.61 Å². The summed E-state index contributed by atoms with van der Waals surface area (Å²) in [7, 11) is 0. The Morgan fingerprint density at radius 2 is 1.13 bits per heavy atom. The maximum absolute atomic E-state index is 14.1. The van der Waals surface area contributed by atoms with Gasteiger partial charge in [-0.25, -0.2) is 18.7 Å². The Kier molecular flexibility index (Phi) is 18.5. The van der Waals surface area contributed by atoms with Gasteiger partial charge in [0.15, 0.2) is 11.6 Å². The number of halogens is 2. The van der Waals surface area contributed by atoms with E-state index in [9.17, 15) is 8.78 Å². The molecule has 1 heterocycles.